The summed E-state index contributed by atoms with van der Waals surface area (Å²) >= 11 is 16.6. The molecule has 1 aromatic rings. The van der Waals surface area contributed by atoms with Crippen molar-refractivity contribution in [2.75, 3.05) is 10.5 Å². The van der Waals surface area contributed by atoms with E-state index in [0.29, 0.717) is 6.42 Å². The maximum Gasteiger partial charge on any atom is 0.416 e. The number of nitrogens with one attached hydrogen (secondary N) is 1. The molecule has 0 fully saturated rings. The molecule has 126 valence electrons. The number of benzene rings is 1. The summed E-state index contributed by atoms with van der Waals surface area (Å²) in [4.78, 5) is 0. The first-order chi connectivity index (χ1) is 9.89. The highest BCUT2D eigenvalue weighted by Gasteiger charge is 2.30. The molecule has 0 aliphatic heterocycles. The lowest BCUT2D eigenvalue weighted by atomic mass is 10.2. The van der Waals surface area contributed by atoms with Gasteiger partial charge < -0.3 is 0 Å². The van der Waals surface area contributed by atoms with Gasteiger partial charge in [-0.15, -0.1) is 0 Å². The maximum atomic E-state index is 12.5. The van der Waals surface area contributed by atoms with Gasteiger partial charge in [0, 0.05) is 5.69 Å². The molecule has 22 heavy (non-hydrogen) atoms. The van der Waals surface area contributed by atoms with Gasteiger partial charge in [-0.2, -0.15) is 13.2 Å². The van der Waals surface area contributed by atoms with Crippen molar-refractivity contribution in [3.63, 3.8) is 0 Å². The summed E-state index contributed by atoms with van der Waals surface area (Å²) < 4.78 is 61.9. The standard InChI is InChI=1S/C12H13Cl3F3NO2S/c13-11(14,15)6-1-2-7-22(20,21)19-10-5-3-4-9(8-10)12(16,17)18/h3-5,8,19H,1-2,6-7H2. The molecule has 3 nitrogen and oxygen atoms in total. The second kappa shape index (κ2) is 7.47. The highest BCUT2D eigenvalue weighted by molar-refractivity contribution is 7.92. The van der Waals surface area contributed by atoms with Crippen LogP contribution in [0.3, 0.4) is 0 Å². The van der Waals surface area contributed by atoms with E-state index in [1.54, 1.807) is 0 Å². The van der Waals surface area contributed by atoms with Crippen molar-refractivity contribution in [3.8, 4) is 0 Å². The van der Waals surface area contributed by atoms with Crippen LogP contribution in [-0.4, -0.2) is 18.0 Å². The molecular weight excluding hydrogens is 386 g/mol. The van der Waals surface area contributed by atoms with E-state index in [-0.39, 0.29) is 24.3 Å². The Labute approximate surface area is 141 Å². The quantitative estimate of drug-likeness (QED) is 0.542. The van der Waals surface area contributed by atoms with E-state index in [4.69, 9.17) is 34.8 Å². The third-order valence-electron chi connectivity index (χ3n) is 2.59. The molecule has 0 spiro atoms. The van der Waals surface area contributed by atoms with Crippen molar-refractivity contribution in [1.29, 1.82) is 0 Å². The lowest BCUT2D eigenvalue weighted by Gasteiger charge is -2.12. The first kappa shape index (κ1) is 19.7. The highest BCUT2D eigenvalue weighted by atomic mass is 35.6. The van der Waals surface area contributed by atoms with Crippen molar-refractivity contribution < 1.29 is 21.6 Å². The Morgan fingerprint density at radius 2 is 1.73 bits per heavy atom. The number of anilines is 1. The van der Waals surface area contributed by atoms with E-state index < -0.39 is 25.6 Å². The van der Waals surface area contributed by atoms with Gasteiger partial charge in [0.05, 0.1) is 11.3 Å². The molecular formula is C12H13Cl3F3NO2S. The highest BCUT2D eigenvalue weighted by Crippen LogP contribution is 2.32. The Kier molecular flexibility index (Phi) is 6.68. The topological polar surface area (TPSA) is 46.2 Å². The van der Waals surface area contributed by atoms with E-state index in [1.165, 1.54) is 6.07 Å². The fourth-order valence-corrected chi connectivity index (χ4v) is 3.18. The average molecular weight is 399 g/mol. The van der Waals surface area contributed by atoms with Crippen LogP contribution >= 0.6 is 34.8 Å². The van der Waals surface area contributed by atoms with Gasteiger partial charge in [-0.3, -0.25) is 4.72 Å². The first-order valence-corrected chi connectivity index (χ1v) is 8.92. The van der Waals surface area contributed by atoms with Gasteiger partial charge in [-0.05, 0) is 37.5 Å². The van der Waals surface area contributed by atoms with Gasteiger partial charge in [0.2, 0.25) is 10.0 Å². The predicted molar refractivity (Wildman–Crippen MR) is 83.0 cm³/mol. The smallest absolute Gasteiger partial charge is 0.284 e. The van der Waals surface area contributed by atoms with Crippen molar-refractivity contribution in [3.05, 3.63) is 29.8 Å². The predicted octanol–water partition coefficient (Wildman–Crippen LogP) is 4.99. The Hall–Kier alpha value is -0.370. The molecule has 1 N–H and O–H groups in total. The number of alkyl halides is 6. The Bertz CT molecular complexity index is 600. The van der Waals surface area contributed by atoms with Crippen molar-refractivity contribution >= 4 is 50.5 Å². The van der Waals surface area contributed by atoms with Crippen LogP contribution in [0.2, 0.25) is 0 Å². The molecule has 0 unspecified atom stereocenters. The molecule has 0 aliphatic carbocycles. The minimum atomic E-state index is -4.54. The first-order valence-electron chi connectivity index (χ1n) is 6.13. The van der Waals surface area contributed by atoms with E-state index >= 15 is 0 Å². The SMILES string of the molecule is O=S(=O)(CCCCC(Cl)(Cl)Cl)Nc1cccc(C(F)(F)F)c1. The van der Waals surface area contributed by atoms with Crippen LogP contribution in [0.15, 0.2) is 24.3 Å². The molecule has 0 saturated heterocycles. The van der Waals surface area contributed by atoms with Gasteiger partial charge >= 0.3 is 6.18 Å². The Morgan fingerprint density at radius 1 is 1.09 bits per heavy atom. The summed E-state index contributed by atoms with van der Waals surface area (Å²) in [7, 11) is -3.76. The largest absolute Gasteiger partial charge is 0.416 e. The number of rotatable bonds is 6. The summed E-state index contributed by atoms with van der Waals surface area (Å²) in [6.45, 7) is 0. The van der Waals surface area contributed by atoms with Crippen LogP contribution in [0.5, 0.6) is 0 Å². The molecule has 10 heteroatoms. The van der Waals surface area contributed by atoms with Crippen LogP contribution in [0.4, 0.5) is 18.9 Å². The summed E-state index contributed by atoms with van der Waals surface area (Å²) in [6.07, 6.45) is -3.76. The third kappa shape index (κ3) is 7.76. The molecule has 1 aromatic carbocycles. The van der Waals surface area contributed by atoms with Crippen LogP contribution in [0.25, 0.3) is 0 Å². The number of hydrogen-bond acceptors (Lipinski definition) is 2. The second-order valence-electron chi connectivity index (χ2n) is 4.57. The zero-order chi connectivity index (χ0) is 17.0. The zero-order valence-electron chi connectivity index (χ0n) is 11.1. The summed E-state index contributed by atoms with van der Waals surface area (Å²) in [5.41, 5.74) is -1.07. The minimum absolute atomic E-state index is 0.142. The molecule has 0 heterocycles. The molecule has 0 bridgehead atoms. The summed E-state index contributed by atoms with van der Waals surface area (Å²) in [5.74, 6) is -0.274. The zero-order valence-corrected chi connectivity index (χ0v) is 14.2. The number of hydrogen-bond donors (Lipinski definition) is 1. The monoisotopic (exact) mass is 397 g/mol. The van der Waals surface area contributed by atoms with Crippen LogP contribution < -0.4 is 4.72 Å². The van der Waals surface area contributed by atoms with Crippen molar-refractivity contribution in [2.45, 2.75) is 29.2 Å². The molecule has 0 aromatic heterocycles. The van der Waals surface area contributed by atoms with E-state index in [2.05, 4.69) is 4.72 Å². The number of halogens is 6. The molecule has 0 saturated carbocycles. The third-order valence-corrected chi connectivity index (χ3v) is 4.53. The molecule has 0 atom stereocenters. The van der Waals surface area contributed by atoms with Gasteiger partial charge in [-0.1, -0.05) is 40.9 Å². The normalized spacial score (nSPS) is 13.2. The minimum Gasteiger partial charge on any atom is -0.284 e. The Balaban J connectivity index is 2.62. The van der Waals surface area contributed by atoms with Crippen LogP contribution in [-0.2, 0) is 16.2 Å². The number of unbranched alkanes of at least 4 members (excludes halogenated alkanes) is 1. The molecule has 0 amide bonds. The molecule has 0 aliphatic rings. The molecule has 0 radical (unpaired) electrons. The van der Waals surface area contributed by atoms with E-state index in [1.807, 2.05) is 0 Å². The van der Waals surface area contributed by atoms with Crippen LogP contribution in [0, 0.1) is 0 Å². The lowest BCUT2D eigenvalue weighted by molar-refractivity contribution is -0.137. The van der Waals surface area contributed by atoms with Gasteiger partial charge in [0.25, 0.3) is 0 Å². The van der Waals surface area contributed by atoms with Crippen molar-refractivity contribution in [2.24, 2.45) is 0 Å². The average Bonchev–Trinajstić information content (AvgIpc) is 2.32. The fourth-order valence-electron chi connectivity index (χ4n) is 1.61. The van der Waals surface area contributed by atoms with Gasteiger partial charge in [0.1, 0.15) is 0 Å². The van der Waals surface area contributed by atoms with Crippen LogP contribution in [0.1, 0.15) is 24.8 Å². The summed E-state index contributed by atoms with van der Waals surface area (Å²) in [5, 5.41) is 0. The lowest BCUT2D eigenvalue weighted by Crippen LogP contribution is -2.17. The van der Waals surface area contributed by atoms with Gasteiger partial charge in [0.15, 0.2) is 3.79 Å². The van der Waals surface area contributed by atoms with E-state index in [9.17, 15) is 21.6 Å². The second-order valence-corrected chi connectivity index (χ2v) is 8.93. The Morgan fingerprint density at radius 3 is 2.27 bits per heavy atom. The fraction of sp³-hybridized carbons (Fsp3) is 0.500. The summed E-state index contributed by atoms with van der Waals surface area (Å²) in [6, 6.07) is 3.97. The van der Waals surface area contributed by atoms with Gasteiger partial charge in [-0.25, -0.2) is 8.42 Å². The number of sulfonamides is 1. The van der Waals surface area contributed by atoms with E-state index in [0.717, 1.165) is 18.2 Å². The molecule has 1 rings (SSSR count). The maximum absolute atomic E-state index is 12.5. The van der Waals surface area contributed by atoms with Crippen molar-refractivity contribution in [1.82, 2.24) is 0 Å².